The highest BCUT2D eigenvalue weighted by atomic mass is 16.5. The van der Waals surface area contributed by atoms with E-state index in [4.69, 9.17) is 4.52 Å². The fourth-order valence-electron chi connectivity index (χ4n) is 1.63. The van der Waals surface area contributed by atoms with Gasteiger partial charge in [-0.15, -0.1) is 0 Å². The predicted octanol–water partition coefficient (Wildman–Crippen LogP) is 0.986. The lowest BCUT2D eigenvalue weighted by atomic mass is 10.3. The fourth-order valence-corrected chi connectivity index (χ4v) is 1.63. The maximum atomic E-state index is 5.14. The summed E-state index contributed by atoms with van der Waals surface area (Å²) in [5.41, 5.74) is 0. The minimum Gasteiger partial charge on any atom is -0.339 e. The van der Waals surface area contributed by atoms with Gasteiger partial charge in [0, 0.05) is 18.8 Å². The van der Waals surface area contributed by atoms with Crippen molar-refractivity contribution >= 4 is 0 Å². The van der Waals surface area contributed by atoms with E-state index in [0.29, 0.717) is 18.3 Å². The molecule has 0 atom stereocenters. The van der Waals surface area contributed by atoms with Gasteiger partial charge in [0.2, 0.25) is 5.89 Å². The van der Waals surface area contributed by atoms with E-state index in [2.05, 4.69) is 27.4 Å². The SMILES string of the molecule is CCCc1nc(Cn2ccnc2CNC)no1. The first-order valence-corrected chi connectivity index (χ1v) is 5.79. The van der Waals surface area contributed by atoms with Crippen LogP contribution >= 0.6 is 0 Å². The smallest absolute Gasteiger partial charge is 0.226 e. The van der Waals surface area contributed by atoms with E-state index in [1.807, 2.05) is 17.8 Å². The highest BCUT2D eigenvalue weighted by Crippen LogP contribution is 2.05. The van der Waals surface area contributed by atoms with Crippen LogP contribution in [0.2, 0.25) is 0 Å². The number of hydrogen-bond donors (Lipinski definition) is 1. The molecule has 17 heavy (non-hydrogen) atoms. The summed E-state index contributed by atoms with van der Waals surface area (Å²) in [5, 5.41) is 7.03. The topological polar surface area (TPSA) is 68.8 Å². The van der Waals surface area contributed by atoms with Crippen LogP contribution in [0.5, 0.6) is 0 Å². The van der Waals surface area contributed by atoms with Crippen LogP contribution in [0.1, 0.15) is 30.9 Å². The number of nitrogens with one attached hydrogen (secondary N) is 1. The minimum atomic E-state index is 0.601. The van der Waals surface area contributed by atoms with Crippen LogP contribution in [0.25, 0.3) is 0 Å². The van der Waals surface area contributed by atoms with Gasteiger partial charge in [0.1, 0.15) is 5.82 Å². The molecule has 6 heteroatoms. The Morgan fingerprint density at radius 3 is 3.12 bits per heavy atom. The van der Waals surface area contributed by atoms with E-state index in [1.54, 1.807) is 6.20 Å². The van der Waals surface area contributed by atoms with Gasteiger partial charge in [-0.3, -0.25) is 0 Å². The van der Waals surface area contributed by atoms with E-state index < -0.39 is 0 Å². The van der Waals surface area contributed by atoms with Gasteiger partial charge in [-0.2, -0.15) is 4.98 Å². The monoisotopic (exact) mass is 235 g/mol. The molecular weight excluding hydrogens is 218 g/mol. The van der Waals surface area contributed by atoms with Gasteiger partial charge in [0.15, 0.2) is 5.82 Å². The third kappa shape index (κ3) is 2.91. The van der Waals surface area contributed by atoms with Crippen LogP contribution in [0.15, 0.2) is 16.9 Å². The first-order chi connectivity index (χ1) is 8.33. The summed E-state index contributed by atoms with van der Waals surface area (Å²) in [6, 6.07) is 0. The third-order valence-electron chi connectivity index (χ3n) is 2.42. The van der Waals surface area contributed by atoms with Gasteiger partial charge < -0.3 is 14.4 Å². The van der Waals surface area contributed by atoms with E-state index >= 15 is 0 Å². The number of nitrogens with zero attached hydrogens (tertiary/aromatic N) is 4. The van der Waals surface area contributed by atoms with E-state index in [0.717, 1.165) is 25.2 Å². The van der Waals surface area contributed by atoms with Gasteiger partial charge in [0.25, 0.3) is 0 Å². The van der Waals surface area contributed by atoms with Crippen LogP contribution < -0.4 is 5.32 Å². The van der Waals surface area contributed by atoms with Crippen LogP contribution in [0.4, 0.5) is 0 Å². The Morgan fingerprint density at radius 2 is 2.35 bits per heavy atom. The zero-order valence-electron chi connectivity index (χ0n) is 10.2. The van der Waals surface area contributed by atoms with Gasteiger partial charge in [-0.05, 0) is 13.5 Å². The molecule has 2 heterocycles. The molecule has 0 bridgehead atoms. The number of rotatable bonds is 6. The molecule has 0 aliphatic rings. The molecule has 2 aromatic heterocycles. The van der Waals surface area contributed by atoms with Crippen molar-refractivity contribution in [1.82, 2.24) is 25.0 Å². The molecule has 0 aliphatic heterocycles. The second kappa shape index (κ2) is 5.58. The van der Waals surface area contributed by atoms with Crippen LogP contribution in [0.3, 0.4) is 0 Å². The van der Waals surface area contributed by atoms with E-state index in [9.17, 15) is 0 Å². The Bertz CT molecular complexity index is 462. The first-order valence-electron chi connectivity index (χ1n) is 5.79. The predicted molar refractivity (Wildman–Crippen MR) is 62.4 cm³/mol. The lowest BCUT2D eigenvalue weighted by molar-refractivity contribution is 0.371. The highest BCUT2D eigenvalue weighted by molar-refractivity contribution is 4.96. The molecule has 2 aromatic rings. The molecule has 0 aliphatic carbocycles. The maximum absolute atomic E-state index is 5.14. The molecule has 0 spiro atoms. The Hall–Kier alpha value is -1.69. The number of aromatic nitrogens is 4. The molecule has 0 radical (unpaired) electrons. The molecule has 0 unspecified atom stereocenters. The molecule has 0 fully saturated rings. The molecular formula is C11H17N5O. The van der Waals surface area contributed by atoms with Gasteiger partial charge in [-0.1, -0.05) is 12.1 Å². The van der Waals surface area contributed by atoms with Crippen molar-refractivity contribution in [3.8, 4) is 0 Å². The Balaban J connectivity index is 2.05. The summed E-state index contributed by atoms with van der Waals surface area (Å²) in [5.74, 6) is 2.37. The number of aryl methyl sites for hydroxylation is 1. The number of hydrogen-bond acceptors (Lipinski definition) is 5. The number of imidazole rings is 1. The largest absolute Gasteiger partial charge is 0.339 e. The second-order valence-corrected chi connectivity index (χ2v) is 3.86. The van der Waals surface area contributed by atoms with Crippen molar-refractivity contribution in [3.63, 3.8) is 0 Å². The summed E-state index contributed by atoms with van der Waals surface area (Å²) >= 11 is 0. The highest BCUT2D eigenvalue weighted by Gasteiger charge is 2.08. The zero-order valence-corrected chi connectivity index (χ0v) is 10.2. The molecule has 0 amide bonds. The van der Waals surface area contributed by atoms with Gasteiger partial charge >= 0.3 is 0 Å². The van der Waals surface area contributed by atoms with Crippen LogP contribution in [-0.2, 0) is 19.5 Å². The molecule has 92 valence electrons. The summed E-state index contributed by atoms with van der Waals surface area (Å²) in [7, 11) is 1.90. The van der Waals surface area contributed by atoms with Crippen LogP contribution in [-0.4, -0.2) is 26.7 Å². The van der Waals surface area contributed by atoms with Crippen molar-refractivity contribution in [2.75, 3.05) is 7.05 Å². The lowest BCUT2D eigenvalue weighted by Gasteiger charge is -2.03. The summed E-state index contributed by atoms with van der Waals surface area (Å²) in [6.07, 6.45) is 5.54. The lowest BCUT2D eigenvalue weighted by Crippen LogP contribution is -2.13. The van der Waals surface area contributed by atoms with Gasteiger partial charge in [0.05, 0.1) is 13.1 Å². The molecule has 0 aromatic carbocycles. The summed E-state index contributed by atoms with van der Waals surface area (Å²) < 4.78 is 7.15. The van der Waals surface area contributed by atoms with Crippen LogP contribution in [0, 0.1) is 0 Å². The molecule has 6 nitrogen and oxygen atoms in total. The Morgan fingerprint density at radius 1 is 1.47 bits per heavy atom. The van der Waals surface area contributed by atoms with E-state index in [1.165, 1.54) is 0 Å². The molecule has 2 rings (SSSR count). The normalized spacial score (nSPS) is 10.9. The summed E-state index contributed by atoms with van der Waals surface area (Å²) in [6.45, 7) is 3.42. The van der Waals surface area contributed by atoms with Gasteiger partial charge in [-0.25, -0.2) is 4.98 Å². The third-order valence-corrected chi connectivity index (χ3v) is 2.42. The molecule has 0 saturated heterocycles. The average Bonchev–Trinajstić information content (AvgIpc) is 2.91. The first kappa shape index (κ1) is 11.8. The summed E-state index contributed by atoms with van der Waals surface area (Å²) in [4.78, 5) is 8.59. The standard InChI is InChI=1S/C11H17N5O/c1-3-4-11-14-9(15-17-11)8-16-6-5-13-10(16)7-12-2/h5-6,12H,3-4,7-8H2,1-2H3. The van der Waals surface area contributed by atoms with Crippen molar-refractivity contribution in [2.45, 2.75) is 32.9 Å². The van der Waals surface area contributed by atoms with Crippen molar-refractivity contribution in [3.05, 3.63) is 29.9 Å². The quantitative estimate of drug-likeness (QED) is 0.808. The average molecular weight is 235 g/mol. The Labute approximate surface area is 100 Å². The van der Waals surface area contributed by atoms with E-state index in [-0.39, 0.29) is 0 Å². The van der Waals surface area contributed by atoms with Crippen molar-refractivity contribution in [1.29, 1.82) is 0 Å². The molecule has 1 N–H and O–H groups in total. The Kier molecular flexibility index (Phi) is 3.87. The van der Waals surface area contributed by atoms with Crippen molar-refractivity contribution in [2.24, 2.45) is 0 Å². The second-order valence-electron chi connectivity index (χ2n) is 3.86. The zero-order chi connectivity index (χ0) is 12.1. The minimum absolute atomic E-state index is 0.601. The maximum Gasteiger partial charge on any atom is 0.226 e. The van der Waals surface area contributed by atoms with Crippen molar-refractivity contribution < 1.29 is 4.52 Å². The molecule has 0 saturated carbocycles. The fraction of sp³-hybridized carbons (Fsp3) is 0.545.